The molecule has 0 fully saturated rings. The zero-order chi connectivity index (χ0) is 14.9. The molecule has 0 saturated carbocycles. The van der Waals surface area contributed by atoms with Crippen LogP contribution >= 0.6 is 0 Å². The molecule has 2 aromatic rings. The molecule has 0 aliphatic rings. The maximum Gasteiger partial charge on any atom is 0.258 e. The van der Waals surface area contributed by atoms with Crippen LogP contribution in [0.25, 0.3) is 5.69 Å². The average Bonchev–Trinajstić information content (AvgIpc) is 2.81. The fraction of sp³-hybridized carbons (Fsp3) is 0.250. The van der Waals surface area contributed by atoms with Gasteiger partial charge in [0.15, 0.2) is 16.7 Å². The summed E-state index contributed by atoms with van der Waals surface area (Å²) in [7, 11) is -3.78. The molecule has 0 atom stereocenters. The van der Waals surface area contributed by atoms with Gasteiger partial charge in [0.25, 0.3) is 10.0 Å². The number of hydrogen-bond donors (Lipinski definition) is 1. The summed E-state index contributed by atoms with van der Waals surface area (Å²) in [6.45, 7) is 3.35. The van der Waals surface area contributed by atoms with Crippen LogP contribution in [0.4, 0.5) is 8.78 Å². The maximum atomic E-state index is 13.2. The minimum absolute atomic E-state index is 0.123. The maximum absolute atomic E-state index is 13.2. The van der Waals surface area contributed by atoms with Crippen molar-refractivity contribution in [2.45, 2.75) is 24.9 Å². The quantitative estimate of drug-likeness (QED) is 0.937. The predicted molar refractivity (Wildman–Crippen MR) is 68.9 cm³/mol. The summed E-state index contributed by atoms with van der Waals surface area (Å²) >= 11 is 0. The molecule has 0 aliphatic carbocycles. The summed E-state index contributed by atoms with van der Waals surface area (Å²) in [6, 6.07) is 4.04. The highest BCUT2D eigenvalue weighted by atomic mass is 32.2. The number of rotatable bonds is 4. The zero-order valence-corrected chi connectivity index (χ0v) is 11.7. The molecule has 0 unspecified atom stereocenters. The van der Waals surface area contributed by atoms with E-state index in [0.717, 1.165) is 16.8 Å². The fourth-order valence-electron chi connectivity index (χ4n) is 1.68. The first-order valence-electron chi connectivity index (χ1n) is 5.83. The SMILES string of the molecule is CC(C)NS(=O)(=O)c1ccnn1-c1ccc(F)c(F)c1. The third-order valence-corrected chi connectivity index (χ3v) is 4.06. The van der Waals surface area contributed by atoms with Gasteiger partial charge in [-0.25, -0.2) is 26.6 Å². The van der Waals surface area contributed by atoms with E-state index < -0.39 is 21.7 Å². The van der Waals surface area contributed by atoms with E-state index in [-0.39, 0.29) is 16.8 Å². The Hall–Kier alpha value is -1.80. The number of nitrogens with one attached hydrogen (secondary N) is 1. The van der Waals surface area contributed by atoms with Crippen LogP contribution < -0.4 is 4.72 Å². The summed E-state index contributed by atoms with van der Waals surface area (Å²) in [5.74, 6) is -2.08. The first kappa shape index (κ1) is 14.6. The van der Waals surface area contributed by atoms with Crippen molar-refractivity contribution in [3.63, 3.8) is 0 Å². The van der Waals surface area contributed by atoms with Crippen molar-refractivity contribution in [3.05, 3.63) is 42.1 Å². The Morgan fingerprint density at radius 3 is 2.50 bits per heavy atom. The minimum atomic E-state index is -3.78. The highest BCUT2D eigenvalue weighted by molar-refractivity contribution is 7.89. The highest BCUT2D eigenvalue weighted by Gasteiger charge is 2.21. The first-order chi connectivity index (χ1) is 9.31. The van der Waals surface area contributed by atoms with E-state index in [1.807, 2.05) is 0 Å². The van der Waals surface area contributed by atoms with Crippen molar-refractivity contribution < 1.29 is 17.2 Å². The Labute approximate surface area is 115 Å². The van der Waals surface area contributed by atoms with Crippen molar-refractivity contribution in [1.29, 1.82) is 0 Å². The van der Waals surface area contributed by atoms with E-state index in [9.17, 15) is 17.2 Å². The lowest BCUT2D eigenvalue weighted by Crippen LogP contribution is -2.31. The predicted octanol–water partition coefficient (Wildman–Crippen LogP) is 1.84. The van der Waals surface area contributed by atoms with E-state index >= 15 is 0 Å². The summed E-state index contributed by atoms with van der Waals surface area (Å²) in [6.07, 6.45) is 1.27. The molecule has 20 heavy (non-hydrogen) atoms. The second-order valence-electron chi connectivity index (χ2n) is 4.46. The first-order valence-corrected chi connectivity index (χ1v) is 7.31. The molecule has 5 nitrogen and oxygen atoms in total. The van der Waals surface area contributed by atoms with E-state index in [1.54, 1.807) is 13.8 Å². The third kappa shape index (κ3) is 2.86. The molecule has 1 aromatic carbocycles. The standard InChI is InChI=1S/C12H13F2N3O2S/c1-8(2)16-20(18,19)12-5-6-15-17(12)9-3-4-10(13)11(14)7-9/h3-8,16H,1-2H3. The number of nitrogens with zero attached hydrogens (tertiary/aromatic N) is 2. The molecule has 0 amide bonds. The third-order valence-electron chi connectivity index (χ3n) is 2.42. The van der Waals surface area contributed by atoms with Crippen LogP contribution in [0.2, 0.25) is 0 Å². The molecule has 0 saturated heterocycles. The Balaban J connectivity index is 2.50. The molecule has 1 heterocycles. The molecule has 0 spiro atoms. The van der Waals surface area contributed by atoms with Crippen LogP contribution in [-0.2, 0) is 10.0 Å². The molecular formula is C12H13F2N3O2S. The van der Waals surface area contributed by atoms with Gasteiger partial charge >= 0.3 is 0 Å². The van der Waals surface area contributed by atoms with Crippen LogP contribution in [0.15, 0.2) is 35.5 Å². The molecule has 0 bridgehead atoms. The van der Waals surface area contributed by atoms with Gasteiger partial charge < -0.3 is 0 Å². The summed E-state index contributed by atoms with van der Waals surface area (Å²) < 4.78 is 53.8. The normalized spacial score (nSPS) is 12.1. The van der Waals surface area contributed by atoms with Crippen LogP contribution in [0.3, 0.4) is 0 Å². The Bertz CT molecular complexity index is 726. The highest BCUT2D eigenvalue weighted by Crippen LogP contribution is 2.17. The van der Waals surface area contributed by atoms with E-state index in [2.05, 4.69) is 9.82 Å². The van der Waals surface area contributed by atoms with Gasteiger partial charge in [-0.05, 0) is 32.0 Å². The van der Waals surface area contributed by atoms with Gasteiger partial charge in [-0.3, -0.25) is 0 Å². The number of halogens is 2. The van der Waals surface area contributed by atoms with Gasteiger partial charge in [0.2, 0.25) is 0 Å². The lowest BCUT2D eigenvalue weighted by atomic mass is 10.3. The Morgan fingerprint density at radius 1 is 1.20 bits per heavy atom. The summed E-state index contributed by atoms with van der Waals surface area (Å²) in [5.41, 5.74) is 0.123. The van der Waals surface area contributed by atoms with E-state index in [4.69, 9.17) is 0 Å². The van der Waals surface area contributed by atoms with Gasteiger partial charge in [-0.2, -0.15) is 5.10 Å². The van der Waals surface area contributed by atoms with Crippen molar-refractivity contribution in [2.24, 2.45) is 0 Å². The van der Waals surface area contributed by atoms with Crippen LogP contribution in [0.1, 0.15) is 13.8 Å². The molecular weight excluding hydrogens is 288 g/mol. The van der Waals surface area contributed by atoms with Crippen molar-refractivity contribution in [1.82, 2.24) is 14.5 Å². The molecule has 1 aromatic heterocycles. The summed E-state index contributed by atoms with van der Waals surface area (Å²) in [5, 5.41) is 3.70. The van der Waals surface area contributed by atoms with E-state index in [0.29, 0.717) is 0 Å². The lowest BCUT2D eigenvalue weighted by molar-refractivity contribution is 0.506. The molecule has 0 aliphatic heterocycles. The molecule has 8 heteroatoms. The number of aromatic nitrogens is 2. The Kier molecular flexibility index (Phi) is 3.87. The number of sulfonamides is 1. The zero-order valence-electron chi connectivity index (χ0n) is 10.8. The van der Waals surface area contributed by atoms with Crippen LogP contribution in [0, 0.1) is 11.6 Å². The molecule has 1 N–H and O–H groups in total. The van der Waals surface area contributed by atoms with Gasteiger partial charge in [0, 0.05) is 12.1 Å². The number of benzene rings is 1. The fourth-order valence-corrected chi connectivity index (χ4v) is 3.04. The van der Waals surface area contributed by atoms with Crippen LogP contribution in [0.5, 0.6) is 0 Å². The second-order valence-corrected chi connectivity index (χ2v) is 6.12. The van der Waals surface area contributed by atoms with Crippen LogP contribution in [-0.4, -0.2) is 24.2 Å². The van der Waals surface area contributed by atoms with Gasteiger partial charge in [0.1, 0.15) is 0 Å². The smallest absolute Gasteiger partial charge is 0.221 e. The molecule has 0 radical (unpaired) electrons. The topological polar surface area (TPSA) is 64.0 Å². The largest absolute Gasteiger partial charge is 0.258 e. The second kappa shape index (κ2) is 5.29. The van der Waals surface area contributed by atoms with Gasteiger partial charge in [-0.15, -0.1) is 0 Å². The molecule has 2 rings (SSSR count). The van der Waals surface area contributed by atoms with E-state index in [1.165, 1.54) is 18.3 Å². The minimum Gasteiger partial charge on any atom is -0.221 e. The molecule has 108 valence electrons. The number of hydrogen-bond acceptors (Lipinski definition) is 3. The lowest BCUT2D eigenvalue weighted by Gasteiger charge is -2.11. The monoisotopic (exact) mass is 301 g/mol. The summed E-state index contributed by atoms with van der Waals surface area (Å²) in [4.78, 5) is 0. The van der Waals surface area contributed by atoms with Gasteiger partial charge in [-0.1, -0.05) is 0 Å². The Morgan fingerprint density at radius 2 is 1.90 bits per heavy atom. The van der Waals surface area contributed by atoms with Crippen molar-refractivity contribution >= 4 is 10.0 Å². The van der Waals surface area contributed by atoms with Gasteiger partial charge in [0.05, 0.1) is 11.9 Å². The average molecular weight is 301 g/mol. The van der Waals surface area contributed by atoms with Crippen molar-refractivity contribution in [2.75, 3.05) is 0 Å². The van der Waals surface area contributed by atoms with Crippen molar-refractivity contribution in [3.8, 4) is 5.69 Å².